The average Bonchev–Trinajstić information content (AvgIpc) is 2.81. The topological polar surface area (TPSA) is 103 Å². The highest BCUT2D eigenvalue weighted by Gasteiger charge is 2.64. The molecule has 0 bridgehead atoms. The first-order chi connectivity index (χ1) is 12.1. The summed E-state index contributed by atoms with van der Waals surface area (Å²) in [5.41, 5.74) is -1.16. The number of nitrogens with zero attached hydrogens (tertiary/aromatic N) is 1. The molecule has 132 valence electrons. The third-order valence-corrected chi connectivity index (χ3v) is 4.63. The van der Waals surface area contributed by atoms with Crippen molar-refractivity contribution in [1.82, 2.24) is 9.55 Å². The Balaban J connectivity index is 1.60. The second kappa shape index (κ2) is 6.23. The summed E-state index contributed by atoms with van der Waals surface area (Å²) in [7, 11) is 0. The Hall–Kier alpha value is -2.26. The molecule has 0 amide bonds. The van der Waals surface area contributed by atoms with E-state index in [4.69, 9.17) is 14.2 Å². The SMILES string of the molecule is O=c1ccn([C@@]23CO[C@@H]2[C@H](OCc2ccccc2)[C@@H](CO)O3)c(=O)[nH]1. The number of ether oxygens (including phenoxy) is 3. The van der Waals surface area contributed by atoms with Gasteiger partial charge in [0.15, 0.2) is 0 Å². The van der Waals surface area contributed by atoms with Crippen molar-refractivity contribution in [3.63, 3.8) is 0 Å². The van der Waals surface area contributed by atoms with Gasteiger partial charge >= 0.3 is 5.69 Å². The Morgan fingerprint density at radius 1 is 1.28 bits per heavy atom. The molecule has 25 heavy (non-hydrogen) atoms. The monoisotopic (exact) mass is 346 g/mol. The molecule has 2 aliphatic rings. The Morgan fingerprint density at radius 2 is 2.08 bits per heavy atom. The van der Waals surface area contributed by atoms with Gasteiger partial charge in [-0.25, -0.2) is 4.79 Å². The van der Waals surface area contributed by atoms with Gasteiger partial charge < -0.3 is 19.3 Å². The minimum absolute atomic E-state index is 0.144. The molecule has 1 aromatic carbocycles. The molecule has 4 atom stereocenters. The van der Waals surface area contributed by atoms with E-state index in [1.165, 1.54) is 16.8 Å². The lowest BCUT2D eigenvalue weighted by Gasteiger charge is -2.44. The zero-order chi connectivity index (χ0) is 17.4. The molecule has 8 nitrogen and oxygen atoms in total. The van der Waals surface area contributed by atoms with Crippen LogP contribution >= 0.6 is 0 Å². The summed E-state index contributed by atoms with van der Waals surface area (Å²) in [5, 5.41) is 9.67. The highest BCUT2D eigenvalue weighted by molar-refractivity contribution is 5.14. The summed E-state index contributed by atoms with van der Waals surface area (Å²) in [6.45, 7) is 0.215. The first-order valence-electron chi connectivity index (χ1n) is 8.02. The van der Waals surface area contributed by atoms with E-state index in [-0.39, 0.29) is 13.2 Å². The van der Waals surface area contributed by atoms with Gasteiger partial charge in [-0.2, -0.15) is 0 Å². The van der Waals surface area contributed by atoms with Crippen molar-refractivity contribution >= 4 is 0 Å². The Morgan fingerprint density at radius 3 is 2.72 bits per heavy atom. The number of aliphatic hydroxyl groups is 1. The highest BCUT2D eigenvalue weighted by atomic mass is 16.7. The Kier molecular flexibility index (Phi) is 4.04. The number of hydrogen-bond acceptors (Lipinski definition) is 6. The zero-order valence-electron chi connectivity index (χ0n) is 13.3. The summed E-state index contributed by atoms with van der Waals surface area (Å²) in [6, 6.07) is 10.9. The molecule has 0 spiro atoms. The summed E-state index contributed by atoms with van der Waals surface area (Å²) in [4.78, 5) is 25.7. The van der Waals surface area contributed by atoms with Crippen molar-refractivity contribution < 1.29 is 19.3 Å². The van der Waals surface area contributed by atoms with Crippen LogP contribution in [-0.2, 0) is 26.5 Å². The molecule has 2 aliphatic heterocycles. The fourth-order valence-electron chi connectivity index (χ4n) is 3.38. The third kappa shape index (κ3) is 2.63. The lowest BCUT2D eigenvalue weighted by atomic mass is 9.97. The number of aromatic amines is 1. The van der Waals surface area contributed by atoms with Crippen molar-refractivity contribution in [2.24, 2.45) is 0 Å². The highest BCUT2D eigenvalue weighted by Crippen LogP contribution is 2.45. The fraction of sp³-hybridized carbons (Fsp3) is 0.412. The number of fused-ring (bicyclic) bond motifs is 1. The van der Waals surface area contributed by atoms with Gasteiger partial charge in [0.25, 0.3) is 5.56 Å². The molecule has 2 N–H and O–H groups in total. The normalized spacial score (nSPS) is 30.7. The van der Waals surface area contributed by atoms with Crippen LogP contribution in [0.5, 0.6) is 0 Å². The molecule has 0 unspecified atom stereocenters. The smallest absolute Gasteiger partial charge is 0.330 e. The lowest BCUT2D eigenvalue weighted by Crippen LogP contribution is -2.63. The first-order valence-corrected chi connectivity index (χ1v) is 8.02. The third-order valence-electron chi connectivity index (χ3n) is 4.63. The second-order valence-electron chi connectivity index (χ2n) is 6.16. The zero-order valence-corrected chi connectivity index (χ0v) is 13.3. The Labute approximate surface area is 142 Å². The molecule has 2 aromatic rings. The molecule has 0 radical (unpaired) electrons. The molecule has 3 heterocycles. The number of aliphatic hydroxyl groups excluding tert-OH is 1. The predicted molar refractivity (Wildman–Crippen MR) is 86.0 cm³/mol. The summed E-state index contributed by atoms with van der Waals surface area (Å²) >= 11 is 0. The summed E-state index contributed by atoms with van der Waals surface area (Å²) in [5.74, 6) is 0. The van der Waals surface area contributed by atoms with E-state index in [0.29, 0.717) is 6.61 Å². The maximum absolute atomic E-state index is 12.2. The predicted octanol–water partition coefficient (Wildman–Crippen LogP) is -0.435. The van der Waals surface area contributed by atoms with Crippen LogP contribution in [0.3, 0.4) is 0 Å². The number of nitrogens with one attached hydrogen (secondary N) is 1. The molecular formula is C17H18N2O6. The lowest BCUT2D eigenvalue weighted by molar-refractivity contribution is -0.280. The molecule has 2 saturated heterocycles. The van der Waals surface area contributed by atoms with Crippen LogP contribution in [0, 0.1) is 0 Å². The molecule has 0 aliphatic carbocycles. The van der Waals surface area contributed by atoms with E-state index in [0.717, 1.165) is 5.56 Å². The minimum Gasteiger partial charge on any atom is -0.394 e. The average molecular weight is 346 g/mol. The maximum atomic E-state index is 12.2. The van der Waals surface area contributed by atoms with E-state index < -0.39 is 35.3 Å². The van der Waals surface area contributed by atoms with Gasteiger partial charge in [-0.15, -0.1) is 0 Å². The Bertz CT molecular complexity index is 863. The molecule has 4 rings (SSSR count). The van der Waals surface area contributed by atoms with Crippen molar-refractivity contribution in [2.75, 3.05) is 13.2 Å². The number of hydrogen-bond donors (Lipinski definition) is 2. The summed E-state index contributed by atoms with van der Waals surface area (Å²) < 4.78 is 18.8. The van der Waals surface area contributed by atoms with Crippen LogP contribution in [-0.4, -0.2) is 46.2 Å². The quantitative estimate of drug-likeness (QED) is 0.761. The van der Waals surface area contributed by atoms with E-state index in [1.54, 1.807) is 0 Å². The van der Waals surface area contributed by atoms with Crippen LogP contribution in [0.2, 0.25) is 0 Å². The molecule has 8 heteroatoms. The molecule has 2 fully saturated rings. The van der Waals surface area contributed by atoms with E-state index >= 15 is 0 Å². The van der Waals surface area contributed by atoms with Gasteiger partial charge in [-0.05, 0) is 5.56 Å². The van der Waals surface area contributed by atoms with Crippen molar-refractivity contribution in [2.45, 2.75) is 30.6 Å². The van der Waals surface area contributed by atoms with Crippen molar-refractivity contribution in [3.8, 4) is 0 Å². The van der Waals surface area contributed by atoms with Crippen LogP contribution < -0.4 is 11.2 Å². The van der Waals surface area contributed by atoms with Gasteiger partial charge in [-0.1, -0.05) is 30.3 Å². The summed E-state index contributed by atoms with van der Waals surface area (Å²) in [6.07, 6.45) is -0.324. The van der Waals surface area contributed by atoms with Crippen LogP contribution in [0.4, 0.5) is 0 Å². The molecule has 0 saturated carbocycles. The van der Waals surface area contributed by atoms with E-state index in [1.807, 2.05) is 30.3 Å². The number of aromatic nitrogens is 2. The second-order valence-corrected chi connectivity index (χ2v) is 6.16. The van der Waals surface area contributed by atoms with E-state index in [2.05, 4.69) is 4.98 Å². The number of H-pyrrole nitrogens is 1. The molecule has 1 aromatic heterocycles. The fourth-order valence-corrected chi connectivity index (χ4v) is 3.38. The van der Waals surface area contributed by atoms with Gasteiger partial charge in [0.2, 0.25) is 5.72 Å². The molecular weight excluding hydrogens is 328 g/mol. The number of benzene rings is 1. The van der Waals surface area contributed by atoms with Crippen LogP contribution in [0.15, 0.2) is 52.2 Å². The van der Waals surface area contributed by atoms with Gasteiger partial charge in [-0.3, -0.25) is 14.3 Å². The van der Waals surface area contributed by atoms with E-state index in [9.17, 15) is 14.7 Å². The minimum atomic E-state index is -1.07. The van der Waals surface area contributed by atoms with Crippen molar-refractivity contribution in [1.29, 1.82) is 0 Å². The van der Waals surface area contributed by atoms with Gasteiger partial charge in [0, 0.05) is 12.3 Å². The maximum Gasteiger partial charge on any atom is 0.330 e. The first kappa shape index (κ1) is 16.2. The van der Waals surface area contributed by atoms with Gasteiger partial charge in [0.1, 0.15) is 18.3 Å². The van der Waals surface area contributed by atoms with Gasteiger partial charge in [0.05, 0.1) is 19.8 Å². The standard InChI is InChI=1S/C17H18N2O6/c20-8-12-14(23-9-11-4-2-1-3-5-11)15-17(25-12,10-24-15)19-7-6-13(21)18-16(19)22/h1-7,12,14-15,20H,8-10H2,(H,18,21,22)/t12-,14-,15-,17-/m1/s1. The van der Waals surface area contributed by atoms with Crippen LogP contribution in [0.25, 0.3) is 0 Å². The largest absolute Gasteiger partial charge is 0.394 e. The number of rotatable bonds is 5. The van der Waals surface area contributed by atoms with Crippen LogP contribution in [0.1, 0.15) is 5.56 Å². The van der Waals surface area contributed by atoms with Crippen molar-refractivity contribution in [3.05, 3.63) is 69.0 Å².